The molecule has 0 aliphatic heterocycles. The van der Waals surface area contributed by atoms with E-state index in [4.69, 9.17) is 0 Å². The highest BCUT2D eigenvalue weighted by Crippen LogP contribution is 2.20. The number of halogens is 1. The summed E-state index contributed by atoms with van der Waals surface area (Å²) in [4.78, 5) is 12.2. The minimum absolute atomic E-state index is 0.0662. The highest BCUT2D eigenvalue weighted by molar-refractivity contribution is 9.10. The minimum atomic E-state index is -0.212. The lowest BCUT2D eigenvalue weighted by molar-refractivity contribution is 0.249. The predicted molar refractivity (Wildman–Crippen MR) is 98.7 cm³/mol. The minimum Gasteiger partial charge on any atom is -0.331 e. The number of hydrogen-bond donors (Lipinski definition) is 2. The number of benzene rings is 3. The third kappa shape index (κ3) is 3.90. The van der Waals surface area contributed by atoms with Crippen molar-refractivity contribution in [2.45, 2.75) is 13.0 Å². The molecule has 4 heteroatoms. The molecule has 0 aliphatic rings. The maximum Gasteiger partial charge on any atom is 0.319 e. The number of anilines is 1. The molecule has 0 spiro atoms. The van der Waals surface area contributed by atoms with Gasteiger partial charge in [0.15, 0.2) is 0 Å². The van der Waals surface area contributed by atoms with E-state index < -0.39 is 0 Å². The largest absolute Gasteiger partial charge is 0.331 e. The van der Waals surface area contributed by atoms with Gasteiger partial charge < -0.3 is 10.6 Å². The lowest BCUT2D eigenvalue weighted by Crippen LogP contribution is -2.31. The fourth-order valence-corrected chi connectivity index (χ4v) is 2.73. The Morgan fingerprint density at radius 1 is 0.957 bits per heavy atom. The maximum atomic E-state index is 12.2. The molecule has 0 fully saturated rings. The SMILES string of the molecule is CC(NC(=O)Nc1ccc2ccccc2c1)c1ccc(Br)cc1. The molecule has 3 aromatic carbocycles. The van der Waals surface area contributed by atoms with Crippen molar-refractivity contribution < 1.29 is 4.79 Å². The van der Waals surface area contributed by atoms with Gasteiger partial charge in [-0.3, -0.25) is 0 Å². The Kier molecular flexibility index (Phi) is 4.63. The Labute approximate surface area is 143 Å². The molecule has 0 saturated heterocycles. The zero-order chi connectivity index (χ0) is 16.2. The molecular formula is C19H17BrN2O. The Morgan fingerprint density at radius 2 is 1.65 bits per heavy atom. The topological polar surface area (TPSA) is 41.1 Å². The summed E-state index contributed by atoms with van der Waals surface area (Å²) < 4.78 is 1.02. The molecule has 0 aromatic heterocycles. The average Bonchev–Trinajstić information content (AvgIpc) is 2.55. The fraction of sp³-hybridized carbons (Fsp3) is 0.105. The van der Waals surface area contributed by atoms with Gasteiger partial charge >= 0.3 is 6.03 Å². The fourth-order valence-electron chi connectivity index (χ4n) is 2.47. The first-order valence-corrected chi connectivity index (χ1v) is 8.23. The van der Waals surface area contributed by atoms with Crippen molar-refractivity contribution in [1.82, 2.24) is 5.32 Å². The first kappa shape index (κ1) is 15.6. The molecule has 1 atom stereocenters. The molecule has 2 amide bonds. The van der Waals surface area contributed by atoms with Crippen LogP contribution in [0.1, 0.15) is 18.5 Å². The molecule has 23 heavy (non-hydrogen) atoms. The van der Waals surface area contributed by atoms with Crippen LogP contribution in [-0.2, 0) is 0 Å². The highest BCUT2D eigenvalue weighted by atomic mass is 79.9. The van der Waals surface area contributed by atoms with Crippen molar-refractivity contribution in [2.75, 3.05) is 5.32 Å². The van der Waals surface area contributed by atoms with E-state index in [-0.39, 0.29) is 12.1 Å². The number of nitrogens with one attached hydrogen (secondary N) is 2. The van der Waals surface area contributed by atoms with Crippen molar-refractivity contribution >= 4 is 38.4 Å². The number of fused-ring (bicyclic) bond motifs is 1. The molecule has 0 heterocycles. The van der Waals surface area contributed by atoms with Crippen molar-refractivity contribution in [1.29, 1.82) is 0 Å². The van der Waals surface area contributed by atoms with E-state index in [1.165, 1.54) is 0 Å². The molecule has 0 radical (unpaired) electrons. The summed E-state index contributed by atoms with van der Waals surface area (Å²) in [5.41, 5.74) is 1.84. The zero-order valence-electron chi connectivity index (χ0n) is 12.7. The van der Waals surface area contributed by atoms with Crippen LogP contribution in [0.4, 0.5) is 10.5 Å². The third-order valence-corrected chi connectivity index (χ3v) is 4.25. The van der Waals surface area contributed by atoms with Crippen LogP contribution in [0.2, 0.25) is 0 Å². The second kappa shape index (κ2) is 6.84. The van der Waals surface area contributed by atoms with Gasteiger partial charge in [-0.05, 0) is 47.5 Å². The number of amides is 2. The third-order valence-electron chi connectivity index (χ3n) is 3.72. The van der Waals surface area contributed by atoms with Gasteiger partial charge in [0.25, 0.3) is 0 Å². The number of rotatable bonds is 3. The van der Waals surface area contributed by atoms with Crippen LogP contribution in [-0.4, -0.2) is 6.03 Å². The Bertz CT molecular complexity index is 830. The van der Waals surface area contributed by atoms with Crippen molar-refractivity contribution in [3.05, 3.63) is 76.8 Å². The van der Waals surface area contributed by atoms with Crippen LogP contribution in [0.25, 0.3) is 10.8 Å². The number of carbonyl (C=O) groups excluding carboxylic acids is 1. The van der Waals surface area contributed by atoms with E-state index in [9.17, 15) is 4.79 Å². The van der Waals surface area contributed by atoms with E-state index in [2.05, 4.69) is 32.6 Å². The van der Waals surface area contributed by atoms with Gasteiger partial charge in [0, 0.05) is 10.2 Å². The first-order valence-electron chi connectivity index (χ1n) is 7.43. The molecule has 0 bridgehead atoms. The van der Waals surface area contributed by atoms with Crippen LogP contribution in [0.5, 0.6) is 0 Å². The molecule has 0 saturated carbocycles. The van der Waals surface area contributed by atoms with Crippen molar-refractivity contribution in [2.24, 2.45) is 0 Å². The standard InChI is InChI=1S/C19H17BrN2O/c1-13(14-6-9-17(20)10-7-14)21-19(23)22-18-11-8-15-4-2-3-5-16(15)12-18/h2-13H,1H3,(H2,21,22,23). The normalized spacial score (nSPS) is 11.9. The summed E-state index contributed by atoms with van der Waals surface area (Å²) in [5.74, 6) is 0. The van der Waals surface area contributed by atoms with E-state index in [1.807, 2.05) is 67.6 Å². The van der Waals surface area contributed by atoms with Crippen LogP contribution in [0.15, 0.2) is 71.2 Å². The molecular weight excluding hydrogens is 352 g/mol. The summed E-state index contributed by atoms with van der Waals surface area (Å²) in [5, 5.41) is 8.09. The molecule has 1 unspecified atom stereocenters. The summed E-state index contributed by atoms with van der Waals surface area (Å²) in [6.45, 7) is 1.96. The lowest BCUT2D eigenvalue weighted by atomic mass is 10.1. The monoisotopic (exact) mass is 368 g/mol. The van der Waals surface area contributed by atoms with Gasteiger partial charge in [0.2, 0.25) is 0 Å². The molecule has 116 valence electrons. The van der Waals surface area contributed by atoms with Crippen molar-refractivity contribution in [3.63, 3.8) is 0 Å². The van der Waals surface area contributed by atoms with Crippen LogP contribution >= 0.6 is 15.9 Å². The Balaban J connectivity index is 1.67. The second-order valence-electron chi connectivity index (χ2n) is 5.43. The zero-order valence-corrected chi connectivity index (χ0v) is 14.3. The van der Waals surface area contributed by atoms with Gasteiger partial charge in [-0.15, -0.1) is 0 Å². The average molecular weight is 369 g/mol. The molecule has 3 aromatic rings. The van der Waals surface area contributed by atoms with Crippen LogP contribution in [0, 0.1) is 0 Å². The van der Waals surface area contributed by atoms with Gasteiger partial charge in [-0.1, -0.05) is 58.4 Å². The van der Waals surface area contributed by atoms with E-state index in [0.717, 1.165) is 26.5 Å². The lowest BCUT2D eigenvalue weighted by Gasteiger charge is -2.15. The Morgan fingerprint density at radius 3 is 2.39 bits per heavy atom. The van der Waals surface area contributed by atoms with E-state index in [0.29, 0.717) is 0 Å². The molecule has 3 rings (SSSR count). The summed E-state index contributed by atoms with van der Waals surface area (Å²) in [6, 6.07) is 21.6. The van der Waals surface area contributed by atoms with Gasteiger partial charge in [0.1, 0.15) is 0 Å². The first-order chi connectivity index (χ1) is 11.1. The second-order valence-corrected chi connectivity index (χ2v) is 6.35. The summed E-state index contributed by atoms with van der Waals surface area (Å²) >= 11 is 3.41. The molecule has 0 aliphatic carbocycles. The quantitative estimate of drug-likeness (QED) is 0.630. The summed E-state index contributed by atoms with van der Waals surface area (Å²) in [6.07, 6.45) is 0. The van der Waals surface area contributed by atoms with Gasteiger partial charge in [-0.2, -0.15) is 0 Å². The predicted octanol–water partition coefficient (Wildman–Crippen LogP) is 5.49. The number of carbonyl (C=O) groups is 1. The van der Waals surface area contributed by atoms with E-state index >= 15 is 0 Å². The van der Waals surface area contributed by atoms with Gasteiger partial charge in [0.05, 0.1) is 6.04 Å². The smallest absolute Gasteiger partial charge is 0.319 e. The number of urea groups is 1. The van der Waals surface area contributed by atoms with Crippen LogP contribution < -0.4 is 10.6 Å². The van der Waals surface area contributed by atoms with Crippen molar-refractivity contribution in [3.8, 4) is 0 Å². The maximum absolute atomic E-state index is 12.2. The highest BCUT2D eigenvalue weighted by Gasteiger charge is 2.09. The van der Waals surface area contributed by atoms with Crippen LogP contribution in [0.3, 0.4) is 0 Å². The molecule has 3 nitrogen and oxygen atoms in total. The van der Waals surface area contributed by atoms with Gasteiger partial charge in [-0.25, -0.2) is 4.79 Å². The summed E-state index contributed by atoms with van der Waals surface area (Å²) in [7, 11) is 0. The molecule has 2 N–H and O–H groups in total. The van der Waals surface area contributed by atoms with E-state index in [1.54, 1.807) is 0 Å². The Hall–Kier alpha value is -2.33. The number of hydrogen-bond acceptors (Lipinski definition) is 1.